The van der Waals surface area contributed by atoms with E-state index in [9.17, 15) is 4.79 Å². The third kappa shape index (κ3) is 3.45. The van der Waals surface area contributed by atoms with Crippen molar-refractivity contribution in [1.82, 2.24) is 4.90 Å². The molecule has 2 aliphatic heterocycles. The summed E-state index contributed by atoms with van der Waals surface area (Å²) < 4.78 is 17.2. The first-order chi connectivity index (χ1) is 12.7. The van der Waals surface area contributed by atoms with Gasteiger partial charge in [0.15, 0.2) is 0 Å². The summed E-state index contributed by atoms with van der Waals surface area (Å²) in [7, 11) is 0. The van der Waals surface area contributed by atoms with Crippen molar-refractivity contribution < 1.29 is 19.0 Å². The maximum absolute atomic E-state index is 13.1. The Morgan fingerprint density at radius 3 is 2.27 bits per heavy atom. The highest BCUT2D eigenvalue weighted by atomic mass is 16.5. The van der Waals surface area contributed by atoms with Crippen LogP contribution in [0.3, 0.4) is 0 Å². The zero-order valence-corrected chi connectivity index (χ0v) is 14.9. The fraction of sp³-hybridized carbons (Fsp3) is 0.381. The highest BCUT2D eigenvalue weighted by Gasteiger charge is 2.34. The molecule has 0 spiro atoms. The lowest BCUT2D eigenvalue weighted by atomic mass is 9.88. The number of ether oxygens (including phenoxy) is 3. The van der Waals surface area contributed by atoms with Gasteiger partial charge in [0.05, 0.1) is 13.2 Å². The number of hydrogen-bond donors (Lipinski definition) is 0. The molecule has 2 aliphatic rings. The molecule has 4 rings (SSSR count). The SMILES string of the molecule is C[C@H](CN1CCOCC1)OC(=O)C1c2ccccc2Oc2ccccc21. The Kier molecular flexibility index (Phi) is 4.91. The van der Waals surface area contributed by atoms with Gasteiger partial charge in [0.25, 0.3) is 0 Å². The number of nitrogens with zero attached hydrogens (tertiary/aromatic N) is 1. The Morgan fingerprint density at radius 1 is 1.08 bits per heavy atom. The van der Waals surface area contributed by atoms with Gasteiger partial charge in [-0.2, -0.15) is 0 Å². The number of hydrogen-bond acceptors (Lipinski definition) is 5. The normalized spacial score (nSPS) is 18.3. The average Bonchev–Trinajstić information content (AvgIpc) is 2.66. The summed E-state index contributed by atoms with van der Waals surface area (Å²) in [4.78, 5) is 15.3. The summed E-state index contributed by atoms with van der Waals surface area (Å²) in [5, 5.41) is 0. The molecular formula is C21H23NO4. The second kappa shape index (κ2) is 7.48. The molecule has 0 radical (unpaired) electrons. The number of para-hydroxylation sites is 2. The van der Waals surface area contributed by atoms with Crippen molar-refractivity contribution in [1.29, 1.82) is 0 Å². The van der Waals surface area contributed by atoms with Gasteiger partial charge in [0.1, 0.15) is 23.5 Å². The molecule has 2 aromatic carbocycles. The third-order valence-electron chi connectivity index (χ3n) is 4.85. The summed E-state index contributed by atoms with van der Waals surface area (Å²) in [6, 6.07) is 15.3. The van der Waals surface area contributed by atoms with Crippen molar-refractivity contribution in [2.24, 2.45) is 0 Å². The summed E-state index contributed by atoms with van der Waals surface area (Å²) in [5.74, 6) is 0.750. The largest absolute Gasteiger partial charge is 0.461 e. The van der Waals surface area contributed by atoms with Gasteiger partial charge in [-0.05, 0) is 19.1 Å². The Bertz CT molecular complexity index is 740. The van der Waals surface area contributed by atoms with Crippen LogP contribution in [0.4, 0.5) is 0 Å². The van der Waals surface area contributed by atoms with Gasteiger partial charge >= 0.3 is 5.97 Å². The standard InChI is InChI=1S/C21H23NO4/c1-15(14-22-10-12-24-13-11-22)25-21(23)20-16-6-2-4-8-18(16)26-19-9-5-3-7-17(19)20/h2-9,15,20H,10-14H2,1H3/t15-/m1/s1. The molecule has 26 heavy (non-hydrogen) atoms. The van der Waals surface area contributed by atoms with Gasteiger partial charge in [-0.3, -0.25) is 9.69 Å². The van der Waals surface area contributed by atoms with Crippen molar-refractivity contribution >= 4 is 5.97 Å². The molecule has 136 valence electrons. The van der Waals surface area contributed by atoms with Crippen LogP contribution in [-0.4, -0.2) is 49.8 Å². The van der Waals surface area contributed by atoms with Gasteiger partial charge in [-0.25, -0.2) is 0 Å². The van der Waals surface area contributed by atoms with Crippen molar-refractivity contribution in [3.05, 3.63) is 59.7 Å². The molecular weight excluding hydrogens is 330 g/mol. The second-order valence-corrected chi connectivity index (χ2v) is 6.77. The molecule has 5 nitrogen and oxygen atoms in total. The second-order valence-electron chi connectivity index (χ2n) is 6.77. The van der Waals surface area contributed by atoms with Crippen LogP contribution >= 0.6 is 0 Å². The highest BCUT2D eigenvalue weighted by Crippen LogP contribution is 2.44. The Morgan fingerprint density at radius 2 is 1.65 bits per heavy atom. The van der Waals surface area contributed by atoms with Gasteiger partial charge in [-0.1, -0.05) is 36.4 Å². The minimum Gasteiger partial charge on any atom is -0.461 e. The van der Waals surface area contributed by atoms with E-state index in [1.165, 1.54) is 0 Å². The van der Waals surface area contributed by atoms with Crippen LogP contribution in [0.2, 0.25) is 0 Å². The first-order valence-electron chi connectivity index (χ1n) is 9.08. The lowest BCUT2D eigenvalue weighted by molar-refractivity contribution is -0.150. The summed E-state index contributed by atoms with van der Waals surface area (Å²) in [5.41, 5.74) is 1.71. The first-order valence-corrected chi connectivity index (χ1v) is 9.08. The Labute approximate surface area is 153 Å². The molecule has 0 unspecified atom stereocenters. The fourth-order valence-corrected chi connectivity index (χ4v) is 3.61. The van der Waals surface area contributed by atoms with Crippen molar-refractivity contribution in [3.8, 4) is 11.5 Å². The number of carbonyl (C=O) groups excluding carboxylic acids is 1. The molecule has 1 saturated heterocycles. The molecule has 1 atom stereocenters. The van der Waals surface area contributed by atoms with Gasteiger partial charge in [0, 0.05) is 30.8 Å². The number of rotatable bonds is 4. The predicted octanol–water partition coefficient (Wildman–Crippen LogP) is 3.19. The van der Waals surface area contributed by atoms with E-state index in [1.807, 2.05) is 55.5 Å². The maximum atomic E-state index is 13.1. The molecule has 0 bridgehead atoms. The van der Waals surface area contributed by atoms with Gasteiger partial charge in [-0.15, -0.1) is 0 Å². The number of morpholine rings is 1. The molecule has 5 heteroatoms. The van der Waals surface area contributed by atoms with Crippen molar-refractivity contribution in [2.45, 2.75) is 18.9 Å². The molecule has 0 aliphatic carbocycles. The number of fused-ring (bicyclic) bond motifs is 2. The number of benzene rings is 2. The van der Waals surface area contributed by atoms with Crippen molar-refractivity contribution in [3.63, 3.8) is 0 Å². The number of carbonyl (C=O) groups is 1. The predicted molar refractivity (Wildman–Crippen MR) is 97.6 cm³/mol. The fourth-order valence-electron chi connectivity index (χ4n) is 3.61. The van der Waals surface area contributed by atoms with Crippen LogP contribution in [0.1, 0.15) is 24.0 Å². The maximum Gasteiger partial charge on any atom is 0.318 e. The van der Waals surface area contributed by atoms with E-state index in [2.05, 4.69) is 4.90 Å². The minimum atomic E-state index is -0.455. The van der Waals surface area contributed by atoms with E-state index in [0.29, 0.717) is 11.5 Å². The zero-order chi connectivity index (χ0) is 17.9. The molecule has 0 aromatic heterocycles. The van der Waals surface area contributed by atoms with E-state index in [0.717, 1.165) is 44.0 Å². The van der Waals surface area contributed by atoms with Crippen LogP contribution in [0, 0.1) is 0 Å². The van der Waals surface area contributed by atoms with E-state index in [-0.39, 0.29) is 12.1 Å². The Hall–Kier alpha value is -2.37. The molecule has 0 saturated carbocycles. The monoisotopic (exact) mass is 353 g/mol. The minimum absolute atomic E-state index is 0.178. The molecule has 1 fully saturated rings. The Balaban J connectivity index is 1.53. The van der Waals surface area contributed by atoms with E-state index < -0.39 is 5.92 Å². The molecule has 0 amide bonds. The van der Waals surface area contributed by atoms with Crippen LogP contribution < -0.4 is 4.74 Å². The zero-order valence-electron chi connectivity index (χ0n) is 14.9. The van der Waals surface area contributed by atoms with Crippen LogP contribution in [-0.2, 0) is 14.3 Å². The van der Waals surface area contributed by atoms with E-state index in [1.54, 1.807) is 0 Å². The quantitative estimate of drug-likeness (QED) is 0.790. The molecule has 2 heterocycles. The first kappa shape index (κ1) is 17.1. The van der Waals surface area contributed by atoms with Crippen LogP contribution in [0.25, 0.3) is 0 Å². The summed E-state index contributed by atoms with van der Waals surface area (Å²) >= 11 is 0. The lowest BCUT2D eigenvalue weighted by Crippen LogP contribution is -2.41. The smallest absolute Gasteiger partial charge is 0.318 e. The number of esters is 1. The molecule has 2 aromatic rings. The topological polar surface area (TPSA) is 48.0 Å². The van der Waals surface area contributed by atoms with E-state index >= 15 is 0 Å². The van der Waals surface area contributed by atoms with E-state index in [4.69, 9.17) is 14.2 Å². The highest BCUT2D eigenvalue weighted by molar-refractivity contribution is 5.85. The van der Waals surface area contributed by atoms with Crippen molar-refractivity contribution in [2.75, 3.05) is 32.8 Å². The van der Waals surface area contributed by atoms with Crippen LogP contribution in [0.15, 0.2) is 48.5 Å². The average molecular weight is 353 g/mol. The third-order valence-corrected chi connectivity index (χ3v) is 4.85. The summed E-state index contributed by atoms with van der Waals surface area (Å²) in [6.45, 7) is 5.91. The molecule has 0 N–H and O–H groups in total. The van der Waals surface area contributed by atoms with Gasteiger partial charge in [0.2, 0.25) is 0 Å². The van der Waals surface area contributed by atoms with Crippen LogP contribution in [0.5, 0.6) is 11.5 Å². The van der Waals surface area contributed by atoms with Gasteiger partial charge < -0.3 is 14.2 Å². The summed E-state index contributed by atoms with van der Waals surface area (Å²) in [6.07, 6.45) is -0.178. The lowest BCUT2D eigenvalue weighted by Gasteiger charge is -2.31.